The lowest BCUT2D eigenvalue weighted by atomic mass is 10.1. The fourth-order valence-electron chi connectivity index (χ4n) is 7.24. The van der Waals surface area contributed by atoms with Crippen LogP contribution in [0.1, 0.15) is 173 Å². The van der Waals surface area contributed by atoms with E-state index < -0.39 is 11.9 Å². The van der Waals surface area contributed by atoms with Crippen LogP contribution in [0.25, 0.3) is 0 Å². The van der Waals surface area contributed by atoms with E-state index in [0.29, 0.717) is 52.9 Å². The maximum atomic E-state index is 13.3. The van der Waals surface area contributed by atoms with Gasteiger partial charge >= 0.3 is 11.9 Å². The van der Waals surface area contributed by atoms with Crippen molar-refractivity contribution in [1.82, 2.24) is 4.90 Å². The van der Waals surface area contributed by atoms with Crippen LogP contribution in [0.4, 0.5) is 0 Å². The Morgan fingerprint density at radius 1 is 0.459 bits per heavy atom. The molecule has 0 bridgehead atoms. The average molecular weight is 876 g/mol. The van der Waals surface area contributed by atoms with Crippen LogP contribution in [0, 0.1) is 0 Å². The first kappa shape index (κ1) is 50.0. The smallest absolute Gasteiger partial charge is 0.343 e. The Hall–Kier alpha value is -3.63. The number of ether oxygens (including phenoxy) is 4. The van der Waals surface area contributed by atoms with E-state index in [1.54, 1.807) is 66.7 Å². The third kappa shape index (κ3) is 20.4. The zero-order valence-electron chi connectivity index (χ0n) is 37.3. The molecule has 0 unspecified atom stereocenters. The number of hydrogen-bond donors (Lipinski definition) is 0. The minimum atomic E-state index is -0.552. The van der Waals surface area contributed by atoms with Crippen molar-refractivity contribution in [2.24, 2.45) is 0 Å². The lowest BCUT2D eigenvalue weighted by Crippen LogP contribution is -2.34. The van der Waals surface area contributed by atoms with Crippen LogP contribution < -0.4 is 18.9 Å². The van der Waals surface area contributed by atoms with E-state index in [1.165, 1.54) is 103 Å². The van der Waals surface area contributed by atoms with Crippen LogP contribution in [0.5, 0.6) is 23.0 Å². The van der Waals surface area contributed by atoms with Gasteiger partial charge in [0.25, 0.3) is 5.91 Å². The van der Waals surface area contributed by atoms with Gasteiger partial charge in [-0.25, -0.2) is 9.59 Å². The van der Waals surface area contributed by atoms with Gasteiger partial charge in [-0.15, -0.1) is 0 Å². The summed E-state index contributed by atoms with van der Waals surface area (Å²) in [7, 11) is 0. The fraction of sp³-hybridized carbons (Fsp3) is 0.588. The van der Waals surface area contributed by atoms with E-state index in [1.807, 2.05) is 28.4 Å². The van der Waals surface area contributed by atoms with E-state index >= 15 is 0 Å². The monoisotopic (exact) mass is 875 g/mol. The molecular weight excluding hydrogens is 803 g/mol. The summed E-state index contributed by atoms with van der Waals surface area (Å²) in [4.78, 5) is 41.4. The van der Waals surface area contributed by atoms with Crippen molar-refractivity contribution in [3.05, 3.63) is 83.4 Å². The summed E-state index contributed by atoms with van der Waals surface area (Å²) < 4.78 is 23.8. The normalized spacial score (nSPS) is 13.2. The standard InChI is InChI=1S/C51H73NO7S2/c1-3-5-7-9-11-13-15-17-19-21-35-56-47-32-27-44(41-48(47)57-36-22-20-18-16-14-12-10-8-6-4-2)51(55)59-46-30-25-43(26-31-46)50(54)58-45-28-23-42(24-29-45)49(53)52-33-37-60-39-40-61-38-34-52/h23-32,41H,3-22,33-40H2,1-2H3. The Bertz CT molecular complexity index is 1660. The zero-order valence-corrected chi connectivity index (χ0v) is 38.9. The Labute approximate surface area is 376 Å². The first-order valence-corrected chi connectivity index (χ1v) is 25.8. The number of unbranched alkanes of at least 4 members (excludes halogenated alkanes) is 18. The highest BCUT2D eigenvalue weighted by atomic mass is 32.2. The summed E-state index contributed by atoms with van der Waals surface area (Å²) >= 11 is 3.75. The van der Waals surface area contributed by atoms with Gasteiger partial charge in [0, 0.05) is 41.7 Å². The van der Waals surface area contributed by atoms with Crippen molar-refractivity contribution in [3.8, 4) is 23.0 Å². The van der Waals surface area contributed by atoms with Crippen molar-refractivity contribution < 1.29 is 33.3 Å². The van der Waals surface area contributed by atoms with Crippen molar-refractivity contribution in [1.29, 1.82) is 0 Å². The van der Waals surface area contributed by atoms with Gasteiger partial charge in [-0.05, 0) is 79.6 Å². The Morgan fingerprint density at radius 2 is 0.852 bits per heavy atom. The molecule has 10 heteroatoms. The predicted octanol–water partition coefficient (Wildman–Crippen LogP) is 13.6. The molecule has 1 aliphatic rings. The molecule has 0 radical (unpaired) electrons. The molecule has 0 saturated carbocycles. The number of nitrogens with zero attached hydrogens (tertiary/aromatic N) is 1. The van der Waals surface area contributed by atoms with Crippen LogP contribution >= 0.6 is 23.5 Å². The van der Waals surface area contributed by atoms with Crippen LogP contribution in [0.3, 0.4) is 0 Å². The zero-order chi connectivity index (χ0) is 43.2. The molecular formula is C51H73NO7S2. The molecule has 1 saturated heterocycles. The van der Waals surface area contributed by atoms with Crippen molar-refractivity contribution in [2.75, 3.05) is 49.3 Å². The van der Waals surface area contributed by atoms with E-state index in [2.05, 4.69) is 13.8 Å². The molecule has 1 heterocycles. The van der Waals surface area contributed by atoms with E-state index in [4.69, 9.17) is 18.9 Å². The average Bonchev–Trinajstić information content (AvgIpc) is 3.42. The highest BCUT2D eigenvalue weighted by molar-refractivity contribution is 8.02. The highest BCUT2D eigenvalue weighted by Crippen LogP contribution is 2.30. The summed E-state index contributed by atoms with van der Waals surface area (Å²) in [6.45, 7) is 7.12. The molecule has 4 rings (SSSR count). The lowest BCUT2D eigenvalue weighted by Gasteiger charge is -2.21. The first-order chi connectivity index (χ1) is 30.0. The quantitative estimate of drug-likeness (QED) is 0.0384. The third-order valence-corrected chi connectivity index (χ3v) is 13.2. The summed E-state index contributed by atoms with van der Waals surface area (Å²) in [6, 6.07) is 18.2. The van der Waals surface area contributed by atoms with Gasteiger partial charge in [-0.2, -0.15) is 23.5 Å². The third-order valence-electron chi connectivity index (χ3n) is 11.0. The minimum absolute atomic E-state index is 0.0110. The van der Waals surface area contributed by atoms with Gasteiger partial charge in [0.05, 0.1) is 24.3 Å². The van der Waals surface area contributed by atoms with Crippen LogP contribution in [-0.4, -0.2) is 72.1 Å². The second kappa shape index (κ2) is 31.2. The van der Waals surface area contributed by atoms with Gasteiger partial charge in [0.2, 0.25) is 0 Å². The number of benzene rings is 3. The van der Waals surface area contributed by atoms with Crippen molar-refractivity contribution in [2.45, 2.75) is 142 Å². The molecule has 8 nitrogen and oxygen atoms in total. The number of esters is 2. The Balaban J connectivity index is 1.26. The Morgan fingerprint density at radius 3 is 1.33 bits per heavy atom. The minimum Gasteiger partial charge on any atom is -0.490 e. The molecule has 1 aliphatic heterocycles. The molecule has 0 atom stereocenters. The maximum absolute atomic E-state index is 13.3. The number of hydrogen-bond acceptors (Lipinski definition) is 9. The number of rotatable bonds is 29. The number of amides is 1. The molecule has 0 aromatic heterocycles. The maximum Gasteiger partial charge on any atom is 0.343 e. The van der Waals surface area contributed by atoms with E-state index in [0.717, 1.165) is 61.8 Å². The van der Waals surface area contributed by atoms with E-state index in [9.17, 15) is 14.4 Å². The van der Waals surface area contributed by atoms with Crippen LogP contribution in [0.2, 0.25) is 0 Å². The summed E-state index contributed by atoms with van der Waals surface area (Å²) in [5.41, 5.74) is 1.23. The molecule has 1 fully saturated rings. The molecule has 0 aliphatic carbocycles. The van der Waals surface area contributed by atoms with Crippen LogP contribution in [-0.2, 0) is 0 Å². The van der Waals surface area contributed by atoms with Gasteiger partial charge < -0.3 is 23.8 Å². The molecule has 0 N–H and O–H groups in total. The number of thioether (sulfide) groups is 2. The van der Waals surface area contributed by atoms with E-state index in [-0.39, 0.29) is 5.91 Å². The van der Waals surface area contributed by atoms with Gasteiger partial charge in [0.15, 0.2) is 11.5 Å². The molecule has 336 valence electrons. The number of carbonyl (C=O) groups is 3. The fourth-order valence-corrected chi connectivity index (χ4v) is 9.29. The van der Waals surface area contributed by atoms with Crippen molar-refractivity contribution in [3.63, 3.8) is 0 Å². The summed E-state index contributed by atoms with van der Waals surface area (Å²) in [5, 5.41) is 0. The molecule has 61 heavy (non-hydrogen) atoms. The topological polar surface area (TPSA) is 91.4 Å². The van der Waals surface area contributed by atoms with Crippen molar-refractivity contribution >= 4 is 41.4 Å². The van der Waals surface area contributed by atoms with Gasteiger partial charge in [-0.3, -0.25) is 4.79 Å². The SMILES string of the molecule is CCCCCCCCCCCCOc1ccc(C(=O)Oc2ccc(C(=O)Oc3ccc(C(=O)N4CCSCCSCC4)cc3)cc2)cc1OCCCCCCCCCCCC. The Kier molecular flexibility index (Phi) is 25.6. The predicted molar refractivity (Wildman–Crippen MR) is 254 cm³/mol. The molecule has 3 aromatic rings. The molecule has 3 aromatic carbocycles. The first-order valence-electron chi connectivity index (χ1n) is 23.5. The second-order valence-corrected chi connectivity index (χ2v) is 18.5. The van der Waals surface area contributed by atoms with Crippen LogP contribution in [0.15, 0.2) is 66.7 Å². The summed E-state index contributed by atoms with van der Waals surface area (Å²) in [5.74, 6) is 4.83. The largest absolute Gasteiger partial charge is 0.490 e. The van der Waals surface area contributed by atoms with Gasteiger partial charge in [-0.1, -0.05) is 129 Å². The van der Waals surface area contributed by atoms with Gasteiger partial charge in [0.1, 0.15) is 11.5 Å². The number of carbonyl (C=O) groups excluding carboxylic acids is 3. The molecule has 1 amide bonds. The lowest BCUT2D eigenvalue weighted by molar-refractivity contribution is 0.0729. The summed E-state index contributed by atoms with van der Waals surface area (Å²) in [6.07, 6.45) is 25.1. The second-order valence-electron chi connectivity index (χ2n) is 16.1. The molecule has 0 spiro atoms. The highest BCUT2D eigenvalue weighted by Gasteiger charge is 2.18.